The zero-order valence-corrected chi connectivity index (χ0v) is 37.1. The molecule has 0 unspecified atom stereocenters. The highest BCUT2D eigenvalue weighted by Crippen LogP contribution is 2.33. The zero-order valence-electron chi connectivity index (χ0n) is 35.5. The minimum atomic E-state index is 0.509. The molecule has 294 valence electrons. The van der Waals surface area contributed by atoms with E-state index in [1.165, 1.54) is 10.3 Å². The summed E-state index contributed by atoms with van der Waals surface area (Å²) >= 11 is 3.39. The van der Waals surface area contributed by atoms with Crippen molar-refractivity contribution in [1.29, 1.82) is 0 Å². The maximum atomic E-state index is 5.21. The van der Waals surface area contributed by atoms with Crippen LogP contribution in [0.2, 0.25) is 13.6 Å². The summed E-state index contributed by atoms with van der Waals surface area (Å²) < 4.78 is 4.55. The first-order valence-electron chi connectivity index (χ1n) is 20.3. The first-order chi connectivity index (χ1) is 29.1. The van der Waals surface area contributed by atoms with Gasteiger partial charge in [-0.05, 0) is 86.9 Å². The standard InChI is InChI=1S/C49H47B3N6S2/c1-9-42-39(38(23-24-51-7)33(6)58(42)37-21-22-44-41(28-37)54-49(50)60-44)26-31(4)30(3)25-36(29-52-8)48-53-40(43(10-2)59-48)27-32(5)45-55-46(34-17-13-11-14-18-34)57-47(56-45)35-19-15-12-16-20-35/h9-29,51-52H,1,5,50H2,2-4,6-8H3/b24-23-,30-25+,31-26+,36-29+,40-27+,43-10+. The molecular formula is C49H47B3N6S2. The Labute approximate surface area is 363 Å². The largest absolute Gasteiger partial charge is 0.313 e. The van der Waals surface area contributed by atoms with Gasteiger partial charge in [0, 0.05) is 44.1 Å². The molecule has 6 nitrogen and oxygen atoms in total. The Balaban J connectivity index is 1.26. The van der Waals surface area contributed by atoms with Crippen molar-refractivity contribution in [2.75, 3.05) is 0 Å². The molecule has 0 aliphatic carbocycles. The van der Waals surface area contributed by atoms with Crippen LogP contribution < -0.4 is 14.8 Å². The van der Waals surface area contributed by atoms with Crippen LogP contribution in [0, 0.1) is 6.92 Å². The van der Waals surface area contributed by atoms with Gasteiger partial charge in [-0.25, -0.2) is 19.9 Å². The second kappa shape index (κ2) is 18.8. The summed E-state index contributed by atoms with van der Waals surface area (Å²) in [6.45, 7) is 21.7. The molecule has 0 radical (unpaired) electrons. The number of thiazole rings is 2. The van der Waals surface area contributed by atoms with Crippen LogP contribution in [0.5, 0.6) is 0 Å². The van der Waals surface area contributed by atoms with Crippen molar-refractivity contribution in [3.8, 4) is 28.5 Å². The fourth-order valence-electron chi connectivity index (χ4n) is 7.12. The minimum Gasteiger partial charge on any atom is -0.313 e. The number of hydrogen-bond donors (Lipinski definition) is 0. The summed E-state index contributed by atoms with van der Waals surface area (Å²) in [5, 5.41) is 1.77. The van der Waals surface area contributed by atoms with Gasteiger partial charge in [-0.15, -0.1) is 34.6 Å². The Bertz CT molecular complexity index is 2930. The van der Waals surface area contributed by atoms with Crippen LogP contribution in [0.3, 0.4) is 0 Å². The van der Waals surface area contributed by atoms with E-state index in [2.05, 4.69) is 114 Å². The van der Waals surface area contributed by atoms with Crippen molar-refractivity contribution in [2.45, 2.75) is 41.3 Å². The average molecular weight is 817 g/mol. The molecule has 0 N–H and O–H groups in total. The van der Waals surface area contributed by atoms with Crippen LogP contribution in [0.15, 0.2) is 121 Å². The predicted molar refractivity (Wildman–Crippen MR) is 268 cm³/mol. The minimum absolute atomic E-state index is 0.509. The lowest BCUT2D eigenvalue weighted by atomic mass is 9.80. The van der Waals surface area contributed by atoms with Crippen LogP contribution in [0.4, 0.5) is 0 Å². The topological polar surface area (TPSA) is 69.4 Å². The Morgan fingerprint density at radius 3 is 2.12 bits per heavy atom. The van der Waals surface area contributed by atoms with E-state index in [1.54, 1.807) is 22.7 Å². The smallest absolute Gasteiger partial charge is 0.177 e. The molecule has 0 saturated heterocycles. The van der Waals surface area contributed by atoms with E-state index in [0.29, 0.717) is 23.0 Å². The second-order valence-electron chi connectivity index (χ2n) is 14.5. The molecule has 0 fully saturated rings. The first kappa shape index (κ1) is 42.0. The van der Waals surface area contributed by atoms with Gasteiger partial charge in [0.25, 0.3) is 0 Å². The van der Waals surface area contributed by atoms with Crippen molar-refractivity contribution in [3.05, 3.63) is 164 Å². The number of allylic oxidation sites excluding steroid dienone is 5. The van der Waals surface area contributed by atoms with Gasteiger partial charge in [0.05, 0.1) is 25.8 Å². The summed E-state index contributed by atoms with van der Waals surface area (Å²) in [6.07, 6.45) is 12.9. The Kier molecular flexibility index (Phi) is 13.2. The molecule has 4 aromatic heterocycles. The van der Waals surface area contributed by atoms with Crippen molar-refractivity contribution in [1.82, 2.24) is 29.5 Å². The number of hydrogen-bond acceptors (Lipinski definition) is 7. The van der Waals surface area contributed by atoms with E-state index in [9.17, 15) is 0 Å². The molecular weight excluding hydrogens is 769 g/mol. The van der Waals surface area contributed by atoms with Crippen molar-refractivity contribution < 1.29 is 0 Å². The van der Waals surface area contributed by atoms with E-state index in [0.717, 1.165) is 90.4 Å². The van der Waals surface area contributed by atoms with Gasteiger partial charge in [-0.2, -0.15) is 0 Å². The van der Waals surface area contributed by atoms with E-state index in [-0.39, 0.29) is 0 Å². The van der Waals surface area contributed by atoms with Crippen LogP contribution in [-0.4, -0.2) is 51.9 Å². The number of benzene rings is 3. The van der Waals surface area contributed by atoms with Gasteiger partial charge in [0.15, 0.2) is 25.3 Å². The lowest BCUT2D eigenvalue weighted by Gasteiger charge is -2.10. The molecule has 7 rings (SSSR count). The van der Waals surface area contributed by atoms with Crippen molar-refractivity contribution in [3.63, 3.8) is 0 Å². The molecule has 0 bridgehead atoms. The van der Waals surface area contributed by atoms with Crippen LogP contribution in [-0.2, 0) is 0 Å². The van der Waals surface area contributed by atoms with E-state index in [4.69, 9.17) is 24.9 Å². The van der Waals surface area contributed by atoms with Gasteiger partial charge in [-0.3, -0.25) is 4.98 Å². The van der Waals surface area contributed by atoms with Crippen LogP contribution in [0.1, 0.15) is 54.1 Å². The molecule has 0 aliphatic rings. The highest BCUT2D eigenvalue weighted by molar-refractivity contribution is 7.25. The zero-order chi connectivity index (χ0) is 42.3. The second-order valence-corrected chi connectivity index (χ2v) is 16.8. The molecule has 60 heavy (non-hydrogen) atoms. The summed E-state index contributed by atoms with van der Waals surface area (Å²) in [7, 11) is 3.87. The Hall–Kier alpha value is -6.16. The van der Waals surface area contributed by atoms with Gasteiger partial charge in [0.1, 0.15) is 19.6 Å². The Morgan fingerprint density at radius 1 is 0.817 bits per heavy atom. The quantitative estimate of drug-likeness (QED) is 0.0860. The monoisotopic (exact) mass is 816 g/mol. The number of nitrogens with zero attached hydrogens (tertiary/aromatic N) is 6. The molecule has 11 heteroatoms. The fourth-order valence-corrected chi connectivity index (χ4v) is 8.87. The molecule has 7 aromatic rings. The SMILES string of the molecule is Bc1nc2cc(-n3c(C)c(/C=C\BC)c(/C=C(C)/C(C)=C/C(=C\BC)c4nc(=C/C(=C)c5nc(-c6ccccc6)nc(-c6ccccc6)n5)/c(=C\C)s4)c3C=C)ccc2s1. The number of aromatic nitrogens is 6. The van der Waals surface area contributed by atoms with Gasteiger partial charge in [-0.1, -0.05) is 99.6 Å². The van der Waals surface area contributed by atoms with Gasteiger partial charge >= 0.3 is 0 Å². The first-order valence-corrected chi connectivity index (χ1v) is 22.0. The third-order valence-electron chi connectivity index (χ3n) is 10.2. The lowest BCUT2D eigenvalue weighted by molar-refractivity contribution is 1.00. The maximum Gasteiger partial charge on any atom is 0.177 e. The summed E-state index contributed by atoms with van der Waals surface area (Å²) in [6, 6.07) is 26.5. The number of rotatable bonds is 13. The Morgan fingerprint density at radius 2 is 1.50 bits per heavy atom. The summed E-state index contributed by atoms with van der Waals surface area (Å²) in [5.74, 6) is 6.18. The van der Waals surface area contributed by atoms with E-state index in [1.807, 2.05) is 79.7 Å². The molecule has 0 spiro atoms. The van der Waals surface area contributed by atoms with Crippen molar-refractivity contribution >= 4 is 102 Å². The maximum absolute atomic E-state index is 5.21. The molecule has 0 atom stereocenters. The van der Waals surface area contributed by atoms with E-state index >= 15 is 0 Å². The van der Waals surface area contributed by atoms with Crippen LogP contribution in [0.25, 0.3) is 80.2 Å². The molecule has 0 amide bonds. The highest BCUT2D eigenvalue weighted by Gasteiger charge is 2.19. The van der Waals surface area contributed by atoms with Crippen molar-refractivity contribution in [2.24, 2.45) is 0 Å². The fraction of sp³-hybridized carbons (Fsp3) is 0.122. The third-order valence-corrected chi connectivity index (χ3v) is 12.4. The summed E-state index contributed by atoms with van der Waals surface area (Å²) in [4.78, 5) is 25.7. The molecule has 0 aliphatic heterocycles. The highest BCUT2D eigenvalue weighted by atomic mass is 32.1. The van der Waals surface area contributed by atoms with Gasteiger partial charge in [0.2, 0.25) is 0 Å². The molecule has 4 heterocycles. The van der Waals surface area contributed by atoms with E-state index < -0.39 is 0 Å². The predicted octanol–water partition coefficient (Wildman–Crippen LogP) is 8.90. The normalized spacial score (nSPS) is 13.1. The average Bonchev–Trinajstić information content (AvgIpc) is 3.94. The van der Waals surface area contributed by atoms with Crippen LogP contribution >= 0.6 is 22.7 Å². The molecule has 3 aromatic carbocycles. The van der Waals surface area contributed by atoms with Gasteiger partial charge < -0.3 is 4.57 Å². The summed E-state index contributed by atoms with van der Waals surface area (Å²) in [5.41, 5.74) is 12.5. The number of fused-ring (bicyclic) bond motifs is 1. The molecule has 0 saturated carbocycles. The third kappa shape index (κ3) is 9.03. The lowest BCUT2D eigenvalue weighted by Crippen LogP contribution is -2.20.